The van der Waals surface area contributed by atoms with Crippen molar-refractivity contribution in [2.24, 2.45) is 0 Å². The summed E-state index contributed by atoms with van der Waals surface area (Å²) in [5.41, 5.74) is 4.59. The molecule has 0 amide bonds. The van der Waals surface area contributed by atoms with E-state index in [1.54, 1.807) is 0 Å². The Morgan fingerprint density at radius 3 is 1.34 bits per heavy atom. The molecule has 2 rings (SSSR count). The summed E-state index contributed by atoms with van der Waals surface area (Å²) in [7, 11) is 0. The number of unbranched alkanes of at least 4 members (excludes halogenated alkanes) is 4. The van der Waals surface area contributed by atoms with Gasteiger partial charge < -0.3 is 9.47 Å². The van der Waals surface area contributed by atoms with Gasteiger partial charge in [0, 0.05) is 13.8 Å². The van der Waals surface area contributed by atoms with Crippen molar-refractivity contribution in [3.05, 3.63) is 70.8 Å². The molecule has 2 aromatic rings. The molecule has 2 unspecified atom stereocenters. The highest BCUT2D eigenvalue weighted by Gasteiger charge is 2.15. The Morgan fingerprint density at radius 2 is 1.00 bits per heavy atom. The van der Waals surface area contributed by atoms with Crippen molar-refractivity contribution in [2.45, 2.75) is 91.3 Å². The van der Waals surface area contributed by atoms with E-state index in [1.165, 1.54) is 49.3 Å². The maximum absolute atomic E-state index is 11.5. The fourth-order valence-electron chi connectivity index (χ4n) is 4.07. The lowest BCUT2D eigenvalue weighted by Gasteiger charge is -2.18. The van der Waals surface area contributed by atoms with Gasteiger partial charge in [0.1, 0.15) is 12.2 Å². The average Bonchev–Trinajstić information content (AvgIpc) is 2.81. The van der Waals surface area contributed by atoms with Gasteiger partial charge in [-0.2, -0.15) is 11.8 Å². The smallest absolute Gasteiger partial charge is 0.303 e. The maximum atomic E-state index is 11.5. The van der Waals surface area contributed by atoms with Gasteiger partial charge in [0.15, 0.2) is 0 Å². The summed E-state index contributed by atoms with van der Waals surface area (Å²) in [6, 6.07) is 16.5. The SMILES string of the molecule is CC(=O)OC(CCCCCSCCCCCC(OC(C)=O)c1ccc(C)cc1)c1ccc(C)cc1. The van der Waals surface area contributed by atoms with Crippen molar-refractivity contribution in [1.29, 1.82) is 0 Å². The minimum Gasteiger partial charge on any atom is -0.458 e. The van der Waals surface area contributed by atoms with E-state index in [2.05, 4.69) is 62.4 Å². The van der Waals surface area contributed by atoms with Crippen molar-refractivity contribution in [3.63, 3.8) is 0 Å². The Labute approximate surface area is 216 Å². The number of esters is 2. The molecule has 0 aliphatic carbocycles. The number of rotatable bonds is 16. The molecule has 0 radical (unpaired) electrons. The molecule has 4 nitrogen and oxygen atoms in total. The van der Waals surface area contributed by atoms with Gasteiger partial charge >= 0.3 is 11.9 Å². The predicted octanol–water partition coefficient (Wildman–Crippen LogP) is 8.07. The van der Waals surface area contributed by atoms with E-state index in [4.69, 9.17) is 9.47 Å². The molecular weight excluding hydrogens is 456 g/mol. The largest absolute Gasteiger partial charge is 0.458 e. The second-order valence-electron chi connectivity index (χ2n) is 9.33. The van der Waals surface area contributed by atoms with Crippen LogP contribution in [-0.2, 0) is 19.1 Å². The third-order valence-electron chi connectivity index (χ3n) is 6.02. The predicted molar refractivity (Wildman–Crippen MR) is 146 cm³/mol. The van der Waals surface area contributed by atoms with Crippen LogP contribution in [0.1, 0.15) is 99.7 Å². The molecule has 192 valence electrons. The van der Waals surface area contributed by atoms with Gasteiger partial charge in [-0.1, -0.05) is 72.5 Å². The van der Waals surface area contributed by atoms with Crippen LogP contribution in [0.25, 0.3) is 0 Å². The third kappa shape index (κ3) is 12.3. The van der Waals surface area contributed by atoms with E-state index in [0.29, 0.717) is 0 Å². The number of hydrogen-bond donors (Lipinski definition) is 0. The Morgan fingerprint density at radius 1 is 0.629 bits per heavy atom. The van der Waals surface area contributed by atoms with Crippen LogP contribution in [-0.4, -0.2) is 23.4 Å². The van der Waals surface area contributed by atoms with E-state index in [0.717, 1.165) is 49.7 Å². The van der Waals surface area contributed by atoms with E-state index >= 15 is 0 Å². The van der Waals surface area contributed by atoms with Crippen molar-refractivity contribution < 1.29 is 19.1 Å². The molecule has 0 fully saturated rings. The monoisotopic (exact) mass is 498 g/mol. The number of benzene rings is 2. The van der Waals surface area contributed by atoms with Crippen LogP contribution in [0.3, 0.4) is 0 Å². The number of carbonyl (C=O) groups excluding carboxylic acids is 2. The van der Waals surface area contributed by atoms with E-state index in [9.17, 15) is 9.59 Å². The zero-order valence-electron chi connectivity index (χ0n) is 21.9. The highest BCUT2D eigenvalue weighted by molar-refractivity contribution is 7.99. The van der Waals surface area contributed by atoms with Gasteiger partial charge in [-0.3, -0.25) is 9.59 Å². The lowest BCUT2D eigenvalue weighted by atomic mass is 10.0. The molecule has 0 aliphatic rings. The third-order valence-corrected chi connectivity index (χ3v) is 7.18. The van der Waals surface area contributed by atoms with Crippen LogP contribution in [0.5, 0.6) is 0 Å². The van der Waals surface area contributed by atoms with E-state index < -0.39 is 0 Å². The van der Waals surface area contributed by atoms with Gasteiger partial charge in [0.2, 0.25) is 0 Å². The molecule has 0 aromatic heterocycles. The molecule has 2 atom stereocenters. The molecular formula is C30H42O4S. The first-order valence-corrected chi connectivity index (χ1v) is 14.1. The number of ether oxygens (including phenoxy) is 2. The molecule has 0 N–H and O–H groups in total. The van der Waals surface area contributed by atoms with Gasteiger partial charge in [-0.15, -0.1) is 0 Å². The first-order chi connectivity index (χ1) is 16.8. The maximum Gasteiger partial charge on any atom is 0.303 e. The zero-order chi connectivity index (χ0) is 25.5. The number of thioether (sulfide) groups is 1. The highest BCUT2D eigenvalue weighted by Crippen LogP contribution is 2.26. The van der Waals surface area contributed by atoms with Crippen molar-refractivity contribution in [2.75, 3.05) is 11.5 Å². The lowest BCUT2D eigenvalue weighted by Crippen LogP contribution is -2.09. The normalized spacial score (nSPS) is 12.7. The minimum atomic E-state index is -0.218. The molecule has 2 aromatic carbocycles. The Balaban J connectivity index is 1.56. The lowest BCUT2D eigenvalue weighted by molar-refractivity contribution is -0.148. The van der Waals surface area contributed by atoms with Crippen LogP contribution >= 0.6 is 11.8 Å². The fraction of sp³-hybridized carbons (Fsp3) is 0.533. The first kappa shape index (κ1) is 29.0. The summed E-state index contributed by atoms with van der Waals surface area (Å²) >= 11 is 2.02. The van der Waals surface area contributed by atoms with E-state index in [-0.39, 0.29) is 24.1 Å². The van der Waals surface area contributed by atoms with Crippen molar-refractivity contribution in [1.82, 2.24) is 0 Å². The number of carbonyl (C=O) groups is 2. The van der Waals surface area contributed by atoms with Crippen LogP contribution in [0.2, 0.25) is 0 Å². The average molecular weight is 499 g/mol. The standard InChI is InChI=1S/C30H42O4S/c1-23-13-17-27(18-14-23)29(33-25(3)31)11-7-5-9-21-35-22-10-6-8-12-30(34-26(4)32)28-19-15-24(2)16-20-28/h13-20,29-30H,5-12,21-22H2,1-4H3. The topological polar surface area (TPSA) is 52.6 Å². The van der Waals surface area contributed by atoms with Gasteiger partial charge in [-0.25, -0.2) is 0 Å². The van der Waals surface area contributed by atoms with Gasteiger partial charge in [0.05, 0.1) is 0 Å². The summed E-state index contributed by atoms with van der Waals surface area (Å²) in [4.78, 5) is 23.0. The van der Waals surface area contributed by atoms with Crippen LogP contribution in [0.15, 0.2) is 48.5 Å². The molecule has 35 heavy (non-hydrogen) atoms. The van der Waals surface area contributed by atoms with E-state index in [1.807, 2.05) is 11.8 Å². The van der Waals surface area contributed by atoms with Crippen LogP contribution in [0, 0.1) is 13.8 Å². The van der Waals surface area contributed by atoms with Gasteiger partial charge in [-0.05, 0) is 75.0 Å². The molecule has 0 bridgehead atoms. The Bertz CT molecular complexity index is 803. The van der Waals surface area contributed by atoms with Crippen molar-refractivity contribution in [3.8, 4) is 0 Å². The number of aryl methyl sites for hydroxylation is 2. The van der Waals surface area contributed by atoms with Gasteiger partial charge in [0.25, 0.3) is 0 Å². The number of hydrogen-bond acceptors (Lipinski definition) is 5. The van der Waals surface area contributed by atoms with Crippen LogP contribution < -0.4 is 0 Å². The fourth-order valence-corrected chi connectivity index (χ4v) is 5.09. The quantitative estimate of drug-likeness (QED) is 0.173. The minimum absolute atomic E-state index is 0.142. The molecule has 5 heteroatoms. The van der Waals surface area contributed by atoms with Crippen LogP contribution in [0.4, 0.5) is 0 Å². The van der Waals surface area contributed by atoms with Crippen molar-refractivity contribution >= 4 is 23.7 Å². The summed E-state index contributed by atoms with van der Waals surface area (Å²) in [5.74, 6) is 1.90. The summed E-state index contributed by atoms with van der Waals surface area (Å²) in [6.07, 6.45) is 8.25. The zero-order valence-corrected chi connectivity index (χ0v) is 22.7. The summed E-state index contributed by atoms with van der Waals surface area (Å²) in [6.45, 7) is 7.09. The molecule has 0 heterocycles. The Hall–Kier alpha value is -2.27. The molecule has 0 spiro atoms. The molecule has 0 saturated heterocycles. The summed E-state index contributed by atoms with van der Waals surface area (Å²) < 4.78 is 11.1. The second-order valence-corrected chi connectivity index (χ2v) is 10.6. The Kier molecular flexibility index (Phi) is 13.6. The summed E-state index contributed by atoms with van der Waals surface area (Å²) in [5, 5.41) is 0. The second kappa shape index (κ2) is 16.4. The highest BCUT2D eigenvalue weighted by atomic mass is 32.2. The first-order valence-electron chi connectivity index (χ1n) is 12.9. The molecule has 0 saturated carbocycles. The molecule has 0 aliphatic heterocycles.